The summed E-state index contributed by atoms with van der Waals surface area (Å²) >= 11 is 1.34. The van der Waals surface area contributed by atoms with E-state index in [1.807, 2.05) is 13.0 Å². The number of nitrogens with two attached hydrogens (primary N) is 1. The monoisotopic (exact) mass is 274 g/mol. The molecule has 0 radical (unpaired) electrons. The van der Waals surface area contributed by atoms with Crippen LogP contribution >= 0.6 is 11.3 Å². The average Bonchev–Trinajstić information content (AvgIpc) is 2.87. The number of hydrogen-bond donors (Lipinski definition) is 1. The summed E-state index contributed by atoms with van der Waals surface area (Å²) in [5.41, 5.74) is 5.47. The van der Waals surface area contributed by atoms with Gasteiger partial charge < -0.3 is 5.73 Å². The molecular formula is C11H18N2O2S2. The van der Waals surface area contributed by atoms with Gasteiger partial charge in [0.05, 0.1) is 0 Å². The molecule has 1 fully saturated rings. The van der Waals surface area contributed by atoms with E-state index in [2.05, 4.69) is 0 Å². The van der Waals surface area contributed by atoms with E-state index in [0.29, 0.717) is 17.3 Å². The molecule has 4 nitrogen and oxygen atoms in total. The summed E-state index contributed by atoms with van der Waals surface area (Å²) in [5.74, 6) is 0. The minimum atomic E-state index is -3.27. The van der Waals surface area contributed by atoms with Gasteiger partial charge in [0.1, 0.15) is 4.21 Å². The first kappa shape index (κ1) is 13.0. The molecule has 0 aromatic carbocycles. The first-order valence-corrected chi connectivity index (χ1v) is 8.12. The van der Waals surface area contributed by atoms with Crippen LogP contribution in [-0.4, -0.2) is 31.9 Å². The van der Waals surface area contributed by atoms with E-state index in [-0.39, 0.29) is 6.04 Å². The summed E-state index contributed by atoms with van der Waals surface area (Å²) in [5, 5.41) is 0. The Morgan fingerprint density at radius 1 is 1.53 bits per heavy atom. The Morgan fingerprint density at radius 3 is 2.88 bits per heavy atom. The van der Waals surface area contributed by atoms with Gasteiger partial charge in [0, 0.05) is 17.5 Å². The molecule has 1 aliphatic heterocycles. The van der Waals surface area contributed by atoms with Crippen LogP contribution in [0, 0.1) is 0 Å². The molecule has 17 heavy (non-hydrogen) atoms. The van der Waals surface area contributed by atoms with Crippen molar-refractivity contribution in [3.63, 3.8) is 0 Å². The number of sulfonamides is 1. The van der Waals surface area contributed by atoms with Gasteiger partial charge >= 0.3 is 0 Å². The van der Waals surface area contributed by atoms with Crippen molar-refractivity contribution in [3.05, 3.63) is 17.0 Å². The molecule has 1 aliphatic rings. The number of thiophene rings is 1. The zero-order valence-corrected chi connectivity index (χ0v) is 11.6. The number of rotatable bonds is 4. The van der Waals surface area contributed by atoms with Crippen LogP contribution < -0.4 is 5.73 Å². The second-order valence-corrected chi connectivity index (χ2v) is 7.65. The lowest BCUT2D eigenvalue weighted by Crippen LogP contribution is -2.33. The van der Waals surface area contributed by atoms with E-state index in [1.165, 1.54) is 11.3 Å². The van der Waals surface area contributed by atoms with E-state index in [0.717, 1.165) is 24.1 Å². The predicted octanol–water partition coefficient (Wildman–Crippen LogP) is 1.42. The highest BCUT2D eigenvalue weighted by atomic mass is 32.2. The normalized spacial score (nSPS) is 22.1. The lowest BCUT2D eigenvalue weighted by atomic mass is 10.3. The van der Waals surface area contributed by atoms with Gasteiger partial charge in [0.25, 0.3) is 10.0 Å². The molecule has 1 saturated heterocycles. The van der Waals surface area contributed by atoms with Crippen molar-refractivity contribution in [1.29, 1.82) is 0 Å². The molecular weight excluding hydrogens is 256 g/mol. The van der Waals surface area contributed by atoms with Crippen LogP contribution in [0.2, 0.25) is 0 Å². The van der Waals surface area contributed by atoms with Crippen LogP contribution in [0.15, 0.2) is 16.3 Å². The molecule has 0 saturated carbocycles. The molecule has 1 aromatic heterocycles. The highest BCUT2D eigenvalue weighted by molar-refractivity contribution is 7.91. The zero-order chi connectivity index (χ0) is 12.5. The lowest BCUT2D eigenvalue weighted by molar-refractivity contribution is 0.409. The summed E-state index contributed by atoms with van der Waals surface area (Å²) in [7, 11) is -3.27. The molecule has 6 heteroatoms. The van der Waals surface area contributed by atoms with Crippen LogP contribution in [0.25, 0.3) is 0 Å². The Bertz CT molecular complexity index is 481. The fourth-order valence-corrected chi connectivity index (χ4v) is 5.35. The predicted molar refractivity (Wildman–Crippen MR) is 69.7 cm³/mol. The van der Waals surface area contributed by atoms with Gasteiger partial charge in [0.15, 0.2) is 0 Å². The van der Waals surface area contributed by atoms with Crippen molar-refractivity contribution in [2.24, 2.45) is 5.73 Å². The van der Waals surface area contributed by atoms with Crippen molar-refractivity contribution in [3.8, 4) is 0 Å². The largest absolute Gasteiger partial charge is 0.330 e. The average molecular weight is 274 g/mol. The standard InChI is InChI=1S/C11H18N2O2S2/c1-9-3-2-8-13(9)17(14,15)11-5-4-10(16-11)6-7-12/h4-5,9H,2-3,6-8,12H2,1H3. The van der Waals surface area contributed by atoms with Crippen molar-refractivity contribution in [2.75, 3.05) is 13.1 Å². The maximum atomic E-state index is 12.4. The quantitative estimate of drug-likeness (QED) is 0.903. The van der Waals surface area contributed by atoms with Crippen LogP contribution in [0.3, 0.4) is 0 Å². The third-order valence-corrected chi connectivity index (χ3v) is 6.71. The Kier molecular flexibility index (Phi) is 3.87. The fraction of sp³-hybridized carbons (Fsp3) is 0.636. The number of hydrogen-bond acceptors (Lipinski definition) is 4. The summed E-state index contributed by atoms with van der Waals surface area (Å²) < 4.78 is 26.8. The smallest absolute Gasteiger partial charge is 0.252 e. The third-order valence-electron chi connectivity index (χ3n) is 3.08. The first-order chi connectivity index (χ1) is 8.05. The zero-order valence-electron chi connectivity index (χ0n) is 9.93. The Labute approximate surface area is 106 Å². The molecule has 2 rings (SSSR count). The topological polar surface area (TPSA) is 63.4 Å². The summed E-state index contributed by atoms with van der Waals surface area (Å²) in [6.45, 7) is 3.17. The SMILES string of the molecule is CC1CCCN1S(=O)(=O)c1ccc(CCN)s1. The van der Waals surface area contributed by atoms with E-state index < -0.39 is 10.0 Å². The van der Waals surface area contributed by atoms with Gasteiger partial charge in [0.2, 0.25) is 0 Å². The first-order valence-electron chi connectivity index (χ1n) is 5.86. The maximum Gasteiger partial charge on any atom is 0.252 e. The molecule has 1 aromatic rings. The van der Waals surface area contributed by atoms with Crippen molar-refractivity contribution in [1.82, 2.24) is 4.31 Å². The summed E-state index contributed by atoms with van der Waals surface area (Å²) in [6, 6.07) is 3.70. The molecule has 0 bridgehead atoms. The molecule has 2 N–H and O–H groups in total. The number of nitrogens with zero attached hydrogens (tertiary/aromatic N) is 1. The van der Waals surface area contributed by atoms with Crippen molar-refractivity contribution in [2.45, 2.75) is 36.4 Å². The Morgan fingerprint density at radius 2 is 2.29 bits per heavy atom. The van der Waals surface area contributed by atoms with Gasteiger partial charge in [-0.3, -0.25) is 0 Å². The highest BCUT2D eigenvalue weighted by Gasteiger charge is 2.33. The van der Waals surface area contributed by atoms with Crippen LogP contribution in [0.4, 0.5) is 0 Å². The van der Waals surface area contributed by atoms with Crippen LogP contribution in [-0.2, 0) is 16.4 Å². The minimum absolute atomic E-state index is 0.125. The van der Waals surface area contributed by atoms with Gasteiger partial charge in [-0.05, 0) is 44.9 Å². The second-order valence-electron chi connectivity index (χ2n) is 4.37. The second kappa shape index (κ2) is 5.06. The highest BCUT2D eigenvalue weighted by Crippen LogP contribution is 2.30. The summed E-state index contributed by atoms with van der Waals surface area (Å²) in [6.07, 6.45) is 2.66. The van der Waals surface area contributed by atoms with Gasteiger partial charge in [-0.25, -0.2) is 8.42 Å². The summed E-state index contributed by atoms with van der Waals surface area (Å²) in [4.78, 5) is 1.04. The third kappa shape index (κ3) is 2.54. The van der Waals surface area contributed by atoms with Gasteiger partial charge in [-0.15, -0.1) is 11.3 Å². The van der Waals surface area contributed by atoms with Crippen molar-refractivity contribution < 1.29 is 8.42 Å². The molecule has 0 aliphatic carbocycles. The molecule has 96 valence electrons. The molecule has 2 heterocycles. The molecule has 0 spiro atoms. The maximum absolute atomic E-state index is 12.4. The van der Waals surface area contributed by atoms with E-state index in [1.54, 1.807) is 10.4 Å². The van der Waals surface area contributed by atoms with Gasteiger partial charge in [-0.1, -0.05) is 0 Å². The van der Waals surface area contributed by atoms with Crippen LogP contribution in [0.5, 0.6) is 0 Å². The molecule has 1 unspecified atom stereocenters. The van der Waals surface area contributed by atoms with E-state index >= 15 is 0 Å². The lowest BCUT2D eigenvalue weighted by Gasteiger charge is -2.19. The Hall–Kier alpha value is -0.430. The Balaban J connectivity index is 2.24. The minimum Gasteiger partial charge on any atom is -0.330 e. The van der Waals surface area contributed by atoms with Crippen LogP contribution in [0.1, 0.15) is 24.6 Å². The van der Waals surface area contributed by atoms with Gasteiger partial charge in [-0.2, -0.15) is 4.31 Å². The van der Waals surface area contributed by atoms with E-state index in [4.69, 9.17) is 5.73 Å². The molecule has 1 atom stereocenters. The molecule has 0 amide bonds. The van der Waals surface area contributed by atoms with E-state index in [9.17, 15) is 8.42 Å². The fourth-order valence-electron chi connectivity index (χ4n) is 2.15. The van der Waals surface area contributed by atoms with Crippen molar-refractivity contribution >= 4 is 21.4 Å².